The van der Waals surface area contributed by atoms with Gasteiger partial charge in [0.15, 0.2) is 0 Å². The Morgan fingerprint density at radius 1 is 0.739 bits per heavy atom. The maximum Gasteiger partial charge on any atom is 0.0458 e. The topological polar surface area (TPSA) is 3.24 Å². The lowest BCUT2D eigenvalue weighted by Gasteiger charge is -2.30. The average molecular weight is 303 g/mol. The van der Waals surface area contributed by atoms with Gasteiger partial charge in [-0.2, -0.15) is 0 Å². The van der Waals surface area contributed by atoms with Crippen molar-refractivity contribution in [2.75, 3.05) is 4.90 Å². The first-order valence-corrected chi connectivity index (χ1v) is 8.64. The molecule has 0 fully saturated rings. The quantitative estimate of drug-likeness (QED) is 0.617. The van der Waals surface area contributed by atoms with Gasteiger partial charge in [0.05, 0.1) is 0 Å². The molecule has 0 bridgehead atoms. The minimum Gasteiger partial charge on any atom is -0.314 e. The van der Waals surface area contributed by atoms with E-state index in [1.807, 2.05) is 0 Å². The summed E-state index contributed by atoms with van der Waals surface area (Å²) in [5.41, 5.74) is 6.78. The molecule has 2 aromatic rings. The molecule has 0 saturated carbocycles. The standard InChI is InChI=1S/C22H25N/c1-3-18-10-14-21(15-11-18)23(20-8-6-5-7-9-20)22-16-12-19(4-2)13-17-22/h5-12,14-16H,3-4,13,17H2,1-2H3. The highest BCUT2D eigenvalue weighted by Gasteiger charge is 2.16. The third-order valence-electron chi connectivity index (χ3n) is 4.57. The van der Waals surface area contributed by atoms with Crippen LogP contribution in [0.4, 0.5) is 11.4 Å². The Bertz CT molecular complexity index is 693. The van der Waals surface area contributed by atoms with E-state index in [4.69, 9.17) is 0 Å². The number of nitrogens with zero attached hydrogens (tertiary/aromatic N) is 1. The number of anilines is 2. The molecule has 0 saturated heterocycles. The zero-order valence-corrected chi connectivity index (χ0v) is 14.1. The predicted octanol–water partition coefficient (Wildman–Crippen LogP) is 6.40. The van der Waals surface area contributed by atoms with Gasteiger partial charge >= 0.3 is 0 Å². The summed E-state index contributed by atoms with van der Waals surface area (Å²) in [5.74, 6) is 0. The third-order valence-corrected chi connectivity index (χ3v) is 4.57. The number of hydrogen-bond donors (Lipinski definition) is 0. The van der Waals surface area contributed by atoms with E-state index >= 15 is 0 Å². The SMILES string of the molecule is CCC1=CC=C(N(c2ccccc2)c2ccc(CC)cc2)CC1. The van der Waals surface area contributed by atoms with Crippen LogP contribution in [0.25, 0.3) is 0 Å². The van der Waals surface area contributed by atoms with Crippen LogP contribution in [-0.2, 0) is 6.42 Å². The minimum absolute atomic E-state index is 1.08. The first kappa shape index (κ1) is 15.6. The van der Waals surface area contributed by atoms with Gasteiger partial charge in [0.2, 0.25) is 0 Å². The zero-order chi connectivity index (χ0) is 16.1. The van der Waals surface area contributed by atoms with Crippen LogP contribution in [-0.4, -0.2) is 0 Å². The van der Waals surface area contributed by atoms with Crippen molar-refractivity contribution in [2.24, 2.45) is 0 Å². The second kappa shape index (κ2) is 7.32. The molecule has 3 rings (SSSR count). The Morgan fingerprint density at radius 3 is 2.00 bits per heavy atom. The summed E-state index contributed by atoms with van der Waals surface area (Å²) in [6.07, 6.45) is 9.10. The van der Waals surface area contributed by atoms with E-state index in [0.717, 1.165) is 19.3 Å². The van der Waals surface area contributed by atoms with Crippen molar-refractivity contribution >= 4 is 11.4 Å². The molecule has 0 aliphatic heterocycles. The fourth-order valence-electron chi connectivity index (χ4n) is 3.09. The van der Waals surface area contributed by atoms with Gasteiger partial charge in [0.1, 0.15) is 0 Å². The normalized spacial score (nSPS) is 14.2. The minimum atomic E-state index is 1.08. The lowest BCUT2D eigenvalue weighted by Crippen LogP contribution is -2.17. The van der Waals surface area contributed by atoms with Crippen molar-refractivity contribution in [1.82, 2.24) is 0 Å². The van der Waals surface area contributed by atoms with Crippen molar-refractivity contribution in [3.63, 3.8) is 0 Å². The third kappa shape index (κ3) is 3.56. The molecule has 1 aliphatic rings. The molecule has 1 heteroatoms. The predicted molar refractivity (Wildman–Crippen MR) is 100 cm³/mol. The van der Waals surface area contributed by atoms with Crippen molar-refractivity contribution in [3.05, 3.63) is 83.6 Å². The monoisotopic (exact) mass is 303 g/mol. The Balaban J connectivity index is 2.00. The van der Waals surface area contributed by atoms with Gasteiger partial charge in [-0.25, -0.2) is 0 Å². The van der Waals surface area contributed by atoms with E-state index in [1.54, 1.807) is 5.57 Å². The Morgan fingerprint density at radius 2 is 1.43 bits per heavy atom. The van der Waals surface area contributed by atoms with Gasteiger partial charge in [-0.15, -0.1) is 0 Å². The molecule has 0 spiro atoms. The number of benzene rings is 2. The fraction of sp³-hybridized carbons (Fsp3) is 0.273. The maximum absolute atomic E-state index is 2.39. The number of rotatable bonds is 5. The van der Waals surface area contributed by atoms with E-state index in [2.05, 4.69) is 85.5 Å². The molecule has 0 unspecified atom stereocenters. The lowest BCUT2D eigenvalue weighted by molar-refractivity contribution is 0.837. The smallest absolute Gasteiger partial charge is 0.0458 e. The summed E-state index contributed by atoms with van der Waals surface area (Å²) in [6, 6.07) is 19.6. The van der Waals surface area contributed by atoms with Crippen LogP contribution < -0.4 is 4.90 Å². The van der Waals surface area contributed by atoms with Gasteiger partial charge in [0, 0.05) is 17.1 Å². The van der Waals surface area contributed by atoms with E-state index in [1.165, 1.54) is 29.1 Å². The molecule has 0 amide bonds. The second-order valence-electron chi connectivity index (χ2n) is 6.03. The van der Waals surface area contributed by atoms with Gasteiger partial charge in [-0.1, -0.05) is 55.8 Å². The van der Waals surface area contributed by atoms with Crippen LogP contribution in [0.3, 0.4) is 0 Å². The van der Waals surface area contributed by atoms with E-state index in [-0.39, 0.29) is 0 Å². The summed E-state index contributed by atoms with van der Waals surface area (Å²) >= 11 is 0. The Labute approximate surface area is 140 Å². The van der Waals surface area contributed by atoms with Gasteiger partial charge in [-0.3, -0.25) is 0 Å². The molecule has 0 N–H and O–H groups in total. The van der Waals surface area contributed by atoms with Crippen LogP contribution in [0.1, 0.15) is 38.7 Å². The zero-order valence-electron chi connectivity index (χ0n) is 14.1. The van der Waals surface area contributed by atoms with E-state index in [9.17, 15) is 0 Å². The van der Waals surface area contributed by atoms with Crippen LogP contribution in [0.5, 0.6) is 0 Å². The summed E-state index contributed by atoms with van der Waals surface area (Å²) in [6.45, 7) is 4.44. The molecule has 1 aliphatic carbocycles. The molecular formula is C22H25N. The van der Waals surface area contributed by atoms with Gasteiger partial charge in [-0.05, 0) is 61.6 Å². The van der Waals surface area contributed by atoms with Crippen molar-refractivity contribution in [1.29, 1.82) is 0 Å². The summed E-state index contributed by atoms with van der Waals surface area (Å²) in [7, 11) is 0. The molecule has 2 aromatic carbocycles. The highest BCUT2D eigenvalue weighted by atomic mass is 15.1. The fourth-order valence-corrected chi connectivity index (χ4v) is 3.09. The van der Waals surface area contributed by atoms with Crippen LogP contribution >= 0.6 is 0 Å². The molecular weight excluding hydrogens is 278 g/mol. The van der Waals surface area contributed by atoms with Crippen molar-refractivity contribution < 1.29 is 0 Å². The van der Waals surface area contributed by atoms with Crippen LogP contribution in [0.15, 0.2) is 78.0 Å². The first-order chi connectivity index (χ1) is 11.3. The summed E-state index contributed by atoms with van der Waals surface area (Å²) in [5, 5.41) is 0. The van der Waals surface area contributed by atoms with Gasteiger partial charge in [0.25, 0.3) is 0 Å². The number of allylic oxidation sites excluding steroid dienone is 4. The largest absolute Gasteiger partial charge is 0.314 e. The molecule has 0 heterocycles. The Kier molecular flexibility index (Phi) is 4.97. The average Bonchev–Trinajstić information content (AvgIpc) is 2.64. The molecule has 118 valence electrons. The number of hydrogen-bond acceptors (Lipinski definition) is 1. The van der Waals surface area contributed by atoms with Crippen LogP contribution in [0, 0.1) is 0 Å². The molecule has 1 nitrogen and oxygen atoms in total. The molecule has 0 atom stereocenters. The first-order valence-electron chi connectivity index (χ1n) is 8.64. The van der Waals surface area contributed by atoms with Crippen LogP contribution in [0.2, 0.25) is 0 Å². The molecule has 0 aromatic heterocycles. The highest BCUT2D eigenvalue weighted by molar-refractivity contribution is 5.69. The molecule has 0 radical (unpaired) electrons. The van der Waals surface area contributed by atoms with Crippen molar-refractivity contribution in [3.8, 4) is 0 Å². The van der Waals surface area contributed by atoms with E-state index < -0.39 is 0 Å². The summed E-state index contributed by atoms with van der Waals surface area (Å²) in [4.78, 5) is 2.39. The maximum atomic E-state index is 2.39. The van der Waals surface area contributed by atoms with Gasteiger partial charge < -0.3 is 4.90 Å². The molecule has 23 heavy (non-hydrogen) atoms. The Hall–Kier alpha value is -2.28. The summed E-state index contributed by atoms with van der Waals surface area (Å²) < 4.78 is 0. The lowest BCUT2D eigenvalue weighted by atomic mass is 9.99. The number of para-hydroxylation sites is 1. The second-order valence-corrected chi connectivity index (χ2v) is 6.03. The van der Waals surface area contributed by atoms with E-state index in [0.29, 0.717) is 0 Å². The van der Waals surface area contributed by atoms with Crippen molar-refractivity contribution in [2.45, 2.75) is 39.5 Å². The highest BCUT2D eigenvalue weighted by Crippen LogP contribution is 2.34. The number of aryl methyl sites for hydroxylation is 1.